The number of nitrogens with one attached hydrogen (secondary N) is 1. The van der Waals surface area contributed by atoms with E-state index in [1.165, 1.54) is 6.07 Å². The van der Waals surface area contributed by atoms with Gasteiger partial charge in [0.2, 0.25) is 5.91 Å². The molecule has 0 spiro atoms. The van der Waals surface area contributed by atoms with Gasteiger partial charge in [-0.1, -0.05) is 48.0 Å². The van der Waals surface area contributed by atoms with E-state index < -0.39 is 0 Å². The number of benzene rings is 2. The molecule has 1 aliphatic rings. The first-order chi connectivity index (χ1) is 13.0. The monoisotopic (exact) mass is 389 g/mol. The molecular formula is C21H25ClFN3O. The van der Waals surface area contributed by atoms with Crippen LogP contribution in [0.1, 0.15) is 24.1 Å². The second-order valence-electron chi connectivity index (χ2n) is 6.95. The summed E-state index contributed by atoms with van der Waals surface area (Å²) in [5.41, 5.74) is 1.64. The quantitative estimate of drug-likeness (QED) is 0.821. The Kier molecular flexibility index (Phi) is 6.83. The molecule has 4 nitrogen and oxygen atoms in total. The molecule has 1 heterocycles. The minimum Gasteiger partial charge on any atom is -0.348 e. The van der Waals surface area contributed by atoms with E-state index in [9.17, 15) is 9.18 Å². The maximum atomic E-state index is 13.8. The van der Waals surface area contributed by atoms with Crippen molar-refractivity contribution in [3.05, 3.63) is 70.5 Å². The Bertz CT molecular complexity index is 778. The number of hydrogen-bond acceptors (Lipinski definition) is 3. The van der Waals surface area contributed by atoms with Gasteiger partial charge in [-0.25, -0.2) is 4.39 Å². The number of nitrogens with zero attached hydrogens (tertiary/aromatic N) is 2. The van der Waals surface area contributed by atoms with E-state index >= 15 is 0 Å². The van der Waals surface area contributed by atoms with Crippen molar-refractivity contribution in [3.8, 4) is 0 Å². The van der Waals surface area contributed by atoms with Crippen LogP contribution < -0.4 is 5.32 Å². The number of piperazine rings is 1. The maximum Gasteiger partial charge on any atom is 0.234 e. The molecule has 0 aliphatic carbocycles. The third kappa shape index (κ3) is 5.51. The summed E-state index contributed by atoms with van der Waals surface area (Å²) in [6, 6.07) is 14.3. The van der Waals surface area contributed by atoms with Crippen molar-refractivity contribution >= 4 is 17.5 Å². The Morgan fingerprint density at radius 2 is 1.70 bits per heavy atom. The highest BCUT2D eigenvalue weighted by atomic mass is 35.5. The highest BCUT2D eigenvalue weighted by molar-refractivity contribution is 6.31. The average Bonchev–Trinajstić information content (AvgIpc) is 2.65. The number of amides is 1. The van der Waals surface area contributed by atoms with Crippen LogP contribution in [0.2, 0.25) is 5.02 Å². The summed E-state index contributed by atoms with van der Waals surface area (Å²) in [5, 5.41) is 3.67. The van der Waals surface area contributed by atoms with Gasteiger partial charge in [0.25, 0.3) is 0 Å². The largest absolute Gasteiger partial charge is 0.348 e. The molecule has 2 aromatic rings. The number of rotatable bonds is 6. The van der Waals surface area contributed by atoms with Crippen LogP contribution in [0.25, 0.3) is 0 Å². The van der Waals surface area contributed by atoms with Gasteiger partial charge in [-0.15, -0.1) is 0 Å². The van der Waals surface area contributed by atoms with Crippen LogP contribution in [0.15, 0.2) is 48.5 Å². The molecule has 0 aromatic heterocycles. The lowest BCUT2D eigenvalue weighted by molar-refractivity contribution is -0.123. The molecule has 1 saturated heterocycles. The molecule has 0 radical (unpaired) electrons. The summed E-state index contributed by atoms with van der Waals surface area (Å²) in [5.74, 6) is -0.169. The fourth-order valence-corrected chi connectivity index (χ4v) is 3.67. The van der Waals surface area contributed by atoms with Crippen molar-refractivity contribution in [2.24, 2.45) is 0 Å². The number of carbonyl (C=O) groups is 1. The Morgan fingerprint density at radius 3 is 2.41 bits per heavy atom. The second kappa shape index (κ2) is 9.31. The van der Waals surface area contributed by atoms with Gasteiger partial charge in [-0.05, 0) is 24.6 Å². The zero-order valence-corrected chi connectivity index (χ0v) is 16.3. The van der Waals surface area contributed by atoms with E-state index in [-0.39, 0.29) is 17.8 Å². The van der Waals surface area contributed by atoms with Crippen LogP contribution >= 0.6 is 11.6 Å². The summed E-state index contributed by atoms with van der Waals surface area (Å²) < 4.78 is 13.8. The fraction of sp³-hybridized carbons (Fsp3) is 0.381. The van der Waals surface area contributed by atoms with Crippen LogP contribution in [0.4, 0.5) is 4.39 Å². The van der Waals surface area contributed by atoms with Crippen LogP contribution in [0, 0.1) is 5.82 Å². The summed E-state index contributed by atoms with van der Waals surface area (Å²) >= 11 is 6.19. The molecule has 1 N–H and O–H groups in total. The van der Waals surface area contributed by atoms with Crippen molar-refractivity contribution in [2.45, 2.75) is 19.5 Å². The molecular weight excluding hydrogens is 365 g/mol. The predicted octanol–water partition coefficient (Wildman–Crippen LogP) is 3.47. The standard InChI is InChI=1S/C21H25ClFN3O/c1-16(18-7-3-4-8-19(18)22)24-21(27)15-26-12-10-25(11-13-26)14-17-6-2-5-9-20(17)23/h2-9,16H,10-15H2,1H3,(H,24,27). The highest BCUT2D eigenvalue weighted by Crippen LogP contribution is 2.22. The van der Waals surface area contributed by atoms with Crippen LogP contribution in [-0.2, 0) is 11.3 Å². The van der Waals surface area contributed by atoms with E-state index in [1.54, 1.807) is 6.07 Å². The molecule has 1 aliphatic heterocycles. The maximum absolute atomic E-state index is 13.8. The van der Waals surface area contributed by atoms with Gasteiger partial charge in [0, 0.05) is 43.3 Å². The summed E-state index contributed by atoms with van der Waals surface area (Å²) in [6.45, 7) is 6.14. The van der Waals surface area contributed by atoms with E-state index in [0.29, 0.717) is 18.1 Å². The van der Waals surface area contributed by atoms with Gasteiger partial charge in [0.05, 0.1) is 12.6 Å². The van der Waals surface area contributed by atoms with Gasteiger partial charge in [-0.3, -0.25) is 14.6 Å². The number of hydrogen-bond donors (Lipinski definition) is 1. The van der Waals surface area contributed by atoms with E-state index in [1.807, 2.05) is 43.3 Å². The molecule has 1 unspecified atom stereocenters. The smallest absolute Gasteiger partial charge is 0.234 e. The van der Waals surface area contributed by atoms with Crippen LogP contribution in [-0.4, -0.2) is 48.4 Å². The van der Waals surface area contributed by atoms with Crippen molar-refractivity contribution in [2.75, 3.05) is 32.7 Å². The predicted molar refractivity (Wildman–Crippen MR) is 106 cm³/mol. The lowest BCUT2D eigenvalue weighted by Crippen LogP contribution is -2.49. The van der Waals surface area contributed by atoms with Gasteiger partial charge in [0.15, 0.2) is 0 Å². The normalized spacial score (nSPS) is 16.9. The first-order valence-electron chi connectivity index (χ1n) is 9.25. The van der Waals surface area contributed by atoms with Crippen molar-refractivity contribution < 1.29 is 9.18 Å². The van der Waals surface area contributed by atoms with E-state index in [4.69, 9.17) is 11.6 Å². The molecule has 6 heteroatoms. The van der Waals surface area contributed by atoms with E-state index in [0.717, 1.165) is 37.3 Å². The van der Waals surface area contributed by atoms with Crippen molar-refractivity contribution in [1.82, 2.24) is 15.1 Å². The zero-order chi connectivity index (χ0) is 19.2. The first kappa shape index (κ1) is 19.8. The van der Waals surface area contributed by atoms with Gasteiger partial charge >= 0.3 is 0 Å². The molecule has 27 heavy (non-hydrogen) atoms. The Morgan fingerprint density at radius 1 is 1.07 bits per heavy atom. The third-order valence-electron chi connectivity index (χ3n) is 4.93. The SMILES string of the molecule is CC(NC(=O)CN1CCN(Cc2ccccc2F)CC1)c1ccccc1Cl. The molecule has 0 bridgehead atoms. The molecule has 0 saturated carbocycles. The summed E-state index contributed by atoms with van der Waals surface area (Å²) in [4.78, 5) is 16.7. The zero-order valence-electron chi connectivity index (χ0n) is 15.5. The topological polar surface area (TPSA) is 35.6 Å². The van der Waals surface area contributed by atoms with Crippen molar-refractivity contribution in [1.29, 1.82) is 0 Å². The number of halogens is 2. The minimum atomic E-state index is -0.159. The first-order valence-corrected chi connectivity index (χ1v) is 9.62. The molecule has 1 amide bonds. The fourth-order valence-electron chi connectivity index (χ4n) is 3.37. The minimum absolute atomic E-state index is 0.00928. The second-order valence-corrected chi connectivity index (χ2v) is 7.36. The summed E-state index contributed by atoms with van der Waals surface area (Å²) in [6.07, 6.45) is 0. The van der Waals surface area contributed by atoms with Crippen LogP contribution in [0.3, 0.4) is 0 Å². The average molecular weight is 390 g/mol. The molecule has 3 rings (SSSR count). The van der Waals surface area contributed by atoms with Gasteiger partial charge < -0.3 is 5.32 Å². The molecule has 2 aromatic carbocycles. The molecule has 1 atom stereocenters. The van der Waals surface area contributed by atoms with Gasteiger partial charge in [-0.2, -0.15) is 0 Å². The lowest BCUT2D eigenvalue weighted by atomic mass is 10.1. The number of carbonyl (C=O) groups excluding carboxylic acids is 1. The summed E-state index contributed by atoms with van der Waals surface area (Å²) in [7, 11) is 0. The highest BCUT2D eigenvalue weighted by Gasteiger charge is 2.21. The lowest BCUT2D eigenvalue weighted by Gasteiger charge is -2.34. The Hall–Kier alpha value is -1.95. The van der Waals surface area contributed by atoms with Crippen LogP contribution in [0.5, 0.6) is 0 Å². The van der Waals surface area contributed by atoms with E-state index in [2.05, 4.69) is 15.1 Å². The third-order valence-corrected chi connectivity index (χ3v) is 5.28. The Balaban J connectivity index is 1.44. The van der Waals surface area contributed by atoms with Crippen molar-refractivity contribution in [3.63, 3.8) is 0 Å². The van der Waals surface area contributed by atoms with Gasteiger partial charge in [0.1, 0.15) is 5.82 Å². The molecule has 1 fully saturated rings. The molecule has 144 valence electrons. The Labute approximate surface area is 164 Å².